The number of rotatable bonds is 2. The highest BCUT2D eigenvalue weighted by molar-refractivity contribution is 5.84. The predicted molar refractivity (Wildman–Crippen MR) is 69.8 cm³/mol. The summed E-state index contributed by atoms with van der Waals surface area (Å²) in [4.78, 5) is 16.8. The first-order valence-corrected chi connectivity index (χ1v) is 6.88. The monoisotopic (exact) mass is 249 g/mol. The van der Waals surface area contributed by atoms with Crippen LogP contribution in [-0.4, -0.2) is 46.9 Å². The van der Waals surface area contributed by atoms with Crippen molar-refractivity contribution >= 4 is 5.91 Å². The topological polar surface area (TPSA) is 47.3 Å². The van der Waals surface area contributed by atoms with Gasteiger partial charge in [0.15, 0.2) is 0 Å². The van der Waals surface area contributed by atoms with Crippen LogP contribution >= 0.6 is 0 Å². The quantitative estimate of drug-likeness (QED) is 0.749. The predicted octanol–water partition coefficient (Wildman–Crippen LogP) is 1.76. The second kappa shape index (κ2) is 4.89. The van der Waals surface area contributed by atoms with Crippen LogP contribution in [0.5, 0.6) is 0 Å². The molecule has 0 aromatic heterocycles. The molecule has 1 heterocycles. The molecule has 1 saturated carbocycles. The summed E-state index contributed by atoms with van der Waals surface area (Å²) in [6, 6.07) is 2.29. The fourth-order valence-electron chi connectivity index (χ4n) is 3.61. The Bertz CT molecular complexity index is 366. The summed E-state index contributed by atoms with van der Waals surface area (Å²) in [6.07, 6.45) is 5.00. The molecule has 0 aromatic rings. The number of likely N-dealkylation sites (N-methyl/N-ethyl adjacent to an activating group) is 1. The Hall–Kier alpha value is -1.08. The molecule has 1 aliphatic heterocycles. The minimum atomic E-state index is -0.247. The zero-order valence-electron chi connectivity index (χ0n) is 11.6. The van der Waals surface area contributed by atoms with E-state index in [4.69, 9.17) is 5.26 Å². The van der Waals surface area contributed by atoms with E-state index in [1.165, 1.54) is 12.8 Å². The minimum absolute atomic E-state index is 0.118. The lowest BCUT2D eigenvalue weighted by Crippen LogP contribution is -2.67. The first-order chi connectivity index (χ1) is 8.47. The van der Waals surface area contributed by atoms with Crippen molar-refractivity contribution in [1.29, 1.82) is 5.26 Å². The third kappa shape index (κ3) is 2.24. The molecule has 1 unspecified atom stereocenters. The Kier molecular flexibility index (Phi) is 3.63. The number of hydrogen-bond acceptors (Lipinski definition) is 3. The van der Waals surface area contributed by atoms with Crippen LogP contribution in [-0.2, 0) is 4.79 Å². The average molecular weight is 249 g/mol. The Morgan fingerprint density at radius 3 is 2.56 bits per heavy atom. The highest BCUT2D eigenvalue weighted by Crippen LogP contribution is 2.34. The summed E-state index contributed by atoms with van der Waals surface area (Å²) in [6.45, 7) is 5.13. The van der Waals surface area contributed by atoms with Crippen molar-refractivity contribution in [2.75, 3.05) is 13.6 Å². The molecule has 2 aliphatic rings. The zero-order chi connectivity index (χ0) is 13.3. The van der Waals surface area contributed by atoms with E-state index in [-0.39, 0.29) is 17.5 Å². The van der Waals surface area contributed by atoms with E-state index in [9.17, 15) is 4.79 Å². The summed E-state index contributed by atoms with van der Waals surface area (Å²) in [7, 11) is 1.95. The molecule has 1 saturated heterocycles. The number of nitrogens with zero attached hydrogens (tertiary/aromatic N) is 3. The largest absolute Gasteiger partial charge is 0.332 e. The molecule has 1 amide bonds. The van der Waals surface area contributed by atoms with E-state index >= 15 is 0 Å². The van der Waals surface area contributed by atoms with Gasteiger partial charge in [-0.3, -0.25) is 9.69 Å². The lowest BCUT2D eigenvalue weighted by molar-refractivity contribution is -0.154. The molecular formula is C14H23N3O. The van der Waals surface area contributed by atoms with Crippen LogP contribution in [0.3, 0.4) is 0 Å². The van der Waals surface area contributed by atoms with Gasteiger partial charge >= 0.3 is 0 Å². The molecule has 0 aromatic carbocycles. The van der Waals surface area contributed by atoms with E-state index < -0.39 is 0 Å². The van der Waals surface area contributed by atoms with E-state index in [0.29, 0.717) is 12.5 Å². The Labute approximate surface area is 110 Å². The van der Waals surface area contributed by atoms with Crippen molar-refractivity contribution in [1.82, 2.24) is 9.80 Å². The first-order valence-electron chi connectivity index (χ1n) is 6.88. The first kappa shape index (κ1) is 13.4. The van der Waals surface area contributed by atoms with Gasteiger partial charge in [0.2, 0.25) is 5.91 Å². The Morgan fingerprint density at radius 2 is 2.00 bits per heavy atom. The smallest absolute Gasteiger partial charge is 0.241 e. The van der Waals surface area contributed by atoms with Gasteiger partial charge in [-0.15, -0.1) is 0 Å². The lowest BCUT2D eigenvalue weighted by Gasteiger charge is -2.51. The zero-order valence-corrected chi connectivity index (χ0v) is 11.6. The standard InChI is InChI=1S/C14H23N3O/c1-14(2)10-16(3)12(8-9-15)13(18)17(14)11-6-4-5-7-11/h11-12H,4-8,10H2,1-3H3. The van der Waals surface area contributed by atoms with Crippen LogP contribution in [0.2, 0.25) is 0 Å². The third-order valence-electron chi connectivity index (χ3n) is 4.32. The van der Waals surface area contributed by atoms with Crippen LogP contribution in [0, 0.1) is 11.3 Å². The van der Waals surface area contributed by atoms with Crippen LogP contribution < -0.4 is 0 Å². The average Bonchev–Trinajstić information content (AvgIpc) is 2.76. The molecule has 0 bridgehead atoms. The van der Waals surface area contributed by atoms with E-state index in [0.717, 1.165) is 19.4 Å². The van der Waals surface area contributed by atoms with Crippen LogP contribution in [0.15, 0.2) is 0 Å². The van der Waals surface area contributed by atoms with Crippen LogP contribution in [0.1, 0.15) is 46.0 Å². The van der Waals surface area contributed by atoms with Gasteiger partial charge in [-0.1, -0.05) is 12.8 Å². The summed E-state index contributed by atoms with van der Waals surface area (Å²) < 4.78 is 0. The van der Waals surface area contributed by atoms with Gasteiger partial charge in [0, 0.05) is 12.6 Å². The molecule has 2 fully saturated rings. The summed E-state index contributed by atoms with van der Waals surface area (Å²) in [5.74, 6) is 0.155. The van der Waals surface area contributed by atoms with Gasteiger partial charge in [0.05, 0.1) is 18.0 Å². The maximum atomic E-state index is 12.7. The normalized spacial score (nSPS) is 29.6. The van der Waals surface area contributed by atoms with Gasteiger partial charge in [-0.2, -0.15) is 5.26 Å². The van der Waals surface area contributed by atoms with Crippen molar-refractivity contribution in [3.05, 3.63) is 0 Å². The van der Waals surface area contributed by atoms with Crippen LogP contribution in [0.25, 0.3) is 0 Å². The maximum absolute atomic E-state index is 12.7. The number of amides is 1. The highest BCUT2D eigenvalue weighted by Gasteiger charge is 2.46. The molecule has 0 spiro atoms. The van der Waals surface area contributed by atoms with Crippen molar-refractivity contribution in [2.45, 2.75) is 63.6 Å². The molecule has 1 atom stereocenters. The number of carbonyl (C=O) groups is 1. The van der Waals surface area contributed by atoms with Gasteiger partial charge in [0.25, 0.3) is 0 Å². The van der Waals surface area contributed by atoms with Gasteiger partial charge in [-0.25, -0.2) is 0 Å². The van der Waals surface area contributed by atoms with Crippen molar-refractivity contribution in [2.24, 2.45) is 0 Å². The minimum Gasteiger partial charge on any atom is -0.332 e. The van der Waals surface area contributed by atoms with Crippen molar-refractivity contribution in [3.8, 4) is 6.07 Å². The van der Waals surface area contributed by atoms with Gasteiger partial charge < -0.3 is 4.90 Å². The van der Waals surface area contributed by atoms with Crippen molar-refractivity contribution < 1.29 is 4.79 Å². The molecular weight excluding hydrogens is 226 g/mol. The summed E-state index contributed by atoms with van der Waals surface area (Å²) >= 11 is 0. The maximum Gasteiger partial charge on any atom is 0.241 e. The van der Waals surface area contributed by atoms with E-state index in [1.807, 2.05) is 11.9 Å². The molecule has 4 heteroatoms. The number of piperazine rings is 1. The van der Waals surface area contributed by atoms with Crippen molar-refractivity contribution in [3.63, 3.8) is 0 Å². The highest BCUT2D eigenvalue weighted by atomic mass is 16.2. The SMILES string of the molecule is CN1CC(C)(C)N(C2CCCC2)C(=O)C1CC#N. The Balaban J connectivity index is 2.24. The molecule has 2 rings (SSSR count). The van der Waals surface area contributed by atoms with Crippen LogP contribution in [0.4, 0.5) is 0 Å². The molecule has 100 valence electrons. The van der Waals surface area contributed by atoms with Gasteiger partial charge in [-0.05, 0) is 33.7 Å². The Morgan fingerprint density at radius 1 is 1.39 bits per heavy atom. The number of hydrogen-bond donors (Lipinski definition) is 0. The summed E-state index contributed by atoms with van der Waals surface area (Å²) in [5.41, 5.74) is -0.118. The van der Waals surface area contributed by atoms with Gasteiger partial charge in [0.1, 0.15) is 6.04 Å². The molecule has 18 heavy (non-hydrogen) atoms. The number of carbonyl (C=O) groups excluding carboxylic acids is 1. The van der Waals surface area contributed by atoms with E-state index in [1.54, 1.807) is 0 Å². The summed E-state index contributed by atoms with van der Waals surface area (Å²) in [5, 5.41) is 8.89. The third-order valence-corrected chi connectivity index (χ3v) is 4.32. The molecule has 1 aliphatic carbocycles. The van der Waals surface area contributed by atoms with E-state index in [2.05, 4.69) is 24.8 Å². The molecule has 4 nitrogen and oxygen atoms in total. The second-order valence-corrected chi connectivity index (χ2v) is 6.25. The molecule has 0 N–H and O–H groups in total. The number of nitriles is 1. The fourth-order valence-corrected chi connectivity index (χ4v) is 3.61. The fraction of sp³-hybridized carbons (Fsp3) is 0.857. The lowest BCUT2D eigenvalue weighted by atomic mass is 9.91. The second-order valence-electron chi connectivity index (χ2n) is 6.25. The molecule has 0 radical (unpaired) electrons.